The first-order chi connectivity index (χ1) is 16.4. The van der Waals surface area contributed by atoms with Gasteiger partial charge in [0.15, 0.2) is 0 Å². The molecule has 3 heterocycles. The Labute approximate surface area is 195 Å². The first-order valence-electron chi connectivity index (χ1n) is 10.8. The highest BCUT2D eigenvalue weighted by molar-refractivity contribution is 6.03. The Bertz CT molecular complexity index is 1210. The lowest BCUT2D eigenvalue weighted by Crippen LogP contribution is -2.48. The minimum absolute atomic E-state index is 0.442. The second kappa shape index (κ2) is 10.3. The van der Waals surface area contributed by atoms with Crippen LogP contribution in [-0.2, 0) is 20.9 Å². The molecule has 0 saturated carbocycles. The van der Waals surface area contributed by atoms with Crippen LogP contribution in [0, 0.1) is 0 Å². The molecule has 0 aliphatic carbocycles. The molecule has 0 radical (unpaired) electrons. The van der Waals surface area contributed by atoms with E-state index >= 15 is 0 Å². The van der Waals surface area contributed by atoms with Gasteiger partial charge in [-0.1, -0.05) is 6.07 Å². The average Bonchev–Trinajstić information content (AvgIpc) is 3.22. The van der Waals surface area contributed by atoms with Crippen molar-refractivity contribution in [2.24, 2.45) is 0 Å². The summed E-state index contributed by atoms with van der Waals surface area (Å²) in [5.74, 6) is -2.75. The van der Waals surface area contributed by atoms with E-state index in [0.717, 1.165) is 43.0 Å². The second-order valence-corrected chi connectivity index (χ2v) is 8.04. The summed E-state index contributed by atoms with van der Waals surface area (Å²) >= 11 is 0. The summed E-state index contributed by atoms with van der Waals surface area (Å²) in [6.45, 7) is 3.35. The molecule has 0 bridgehead atoms. The van der Waals surface area contributed by atoms with Gasteiger partial charge >= 0.3 is 11.9 Å². The van der Waals surface area contributed by atoms with Gasteiger partial charge in [0.1, 0.15) is 6.04 Å². The van der Waals surface area contributed by atoms with Gasteiger partial charge in [0.05, 0.1) is 5.69 Å². The fraction of sp³-hybridized carbons (Fsp3) is 0.250. The molecule has 10 heteroatoms. The Morgan fingerprint density at radius 2 is 1.88 bits per heavy atom. The van der Waals surface area contributed by atoms with Gasteiger partial charge in [-0.05, 0) is 30.3 Å². The van der Waals surface area contributed by atoms with Crippen LogP contribution in [0.4, 0.5) is 5.69 Å². The van der Waals surface area contributed by atoms with Gasteiger partial charge in [-0.3, -0.25) is 24.4 Å². The van der Waals surface area contributed by atoms with Crippen LogP contribution in [0.5, 0.6) is 0 Å². The van der Waals surface area contributed by atoms with Gasteiger partial charge in [0.25, 0.3) is 0 Å². The van der Waals surface area contributed by atoms with Gasteiger partial charge in [0.2, 0.25) is 5.91 Å². The molecule has 10 nitrogen and oxygen atoms in total. The molecule has 1 aliphatic heterocycles. The number of nitrogens with one attached hydrogen (secondary N) is 2. The summed E-state index contributed by atoms with van der Waals surface area (Å²) in [7, 11) is 0. The number of carboxylic acids is 2. The van der Waals surface area contributed by atoms with E-state index in [1.165, 1.54) is 0 Å². The number of hydrogen-bond acceptors (Lipinski definition) is 6. The zero-order valence-electron chi connectivity index (χ0n) is 18.3. The molecule has 1 aliphatic rings. The fourth-order valence-electron chi connectivity index (χ4n) is 4.16. The molecule has 176 valence electrons. The third-order valence-electron chi connectivity index (χ3n) is 5.77. The maximum atomic E-state index is 12.3. The maximum absolute atomic E-state index is 12.3. The molecular formula is C24H25N5O5. The molecule has 1 fully saturated rings. The number of benzene rings is 1. The second-order valence-electron chi connectivity index (χ2n) is 8.04. The minimum atomic E-state index is -1.22. The summed E-state index contributed by atoms with van der Waals surface area (Å²) in [5.41, 5.74) is 2.78. The Morgan fingerprint density at radius 3 is 2.56 bits per heavy atom. The normalized spacial score (nSPS) is 16.0. The maximum Gasteiger partial charge on any atom is 0.328 e. The van der Waals surface area contributed by atoms with E-state index in [9.17, 15) is 19.5 Å². The summed E-state index contributed by atoms with van der Waals surface area (Å²) in [6.07, 6.45) is 5.14. The molecule has 1 saturated heterocycles. The number of aromatic amines is 1. The first-order valence-corrected chi connectivity index (χ1v) is 10.8. The predicted octanol–water partition coefficient (Wildman–Crippen LogP) is 2.09. The van der Waals surface area contributed by atoms with Crippen molar-refractivity contribution in [3.05, 3.63) is 72.2 Å². The summed E-state index contributed by atoms with van der Waals surface area (Å²) in [6, 6.07) is 10.1. The van der Waals surface area contributed by atoms with Crippen molar-refractivity contribution in [3.8, 4) is 0 Å². The van der Waals surface area contributed by atoms with Gasteiger partial charge in [0, 0.05) is 79.4 Å². The van der Waals surface area contributed by atoms with E-state index in [0.29, 0.717) is 29.7 Å². The molecule has 1 atom stereocenters. The van der Waals surface area contributed by atoms with Crippen LogP contribution in [0.25, 0.3) is 10.9 Å². The van der Waals surface area contributed by atoms with E-state index in [4.69, 9.17) is 5.11 Å². The molecule has 2 aromatic heterocycles. The lowest BCUT2D eigenvalue weighted by molar-refractivity contribution is -0.144. The lowest BCUT2D eigenvalue weighted by atomic mass is 10.0. The molecular weight excluding hydrogens is 438 g/mol. The third kappa shape index (κ3) is 5.48. The van der Waals surface area contributed by atoms with Crippen molar-refractivity contribution < 1.29 is 24.6 Å². The molecule has 4 rings (SSSR count). The molecule has 0 spiro atoms. The van der Waals surface area contributed by atoms with Gasteiger partial charge in [-0.2, -0.15) is 0 Å². The number of amides is 1. The Kier molecular flexibility index (Phi) is 7.00. The van der Waals surface area contributed by atoms with E-state index in [2.05, 4.69) is 20.2 Å². The Morgan fingerprint density at radius 1 is 1.09 bits per heavy atom. The molecule has 1 aromatic carbocycles. The van der Waals surface area contributed by atoms with Crippen LogP contribution < -0.4 is 5.32 Å². The van der Waals surface area contributed by atoms with Crippen molar-refractivity contribution in [3.63, 3.8) is 0 Å². The van der Waals surface area contributed by atoms with E-state index < -0.39 is 23.9 Å². The predicted molar refractivity (Wildman–Crippen MR) is 125 cm³/mol. The SMILES string of the molecule is O=C(O)/C=C/C(=O)Nc1ccc2[nH]cc([C@@H](C(=O)O)N3CCN(Cc4ccccn4)CC3)c2c1. The van der Waals surface area contributed by atoms with Crippen molar-refractivity contribution in [2.75, 3.05) is 31.5 Å². The molecule has 1 amide bonds. The number of aliphatic carboxylic acids is 2. The third-order valence-corrected chi connectivity index (χ3v) is 5.77. The van der Waals surface area contributed by atoms with Crippen LogP contribution >= 0.6 is 0 Å². The number of pyridine rings is 1. The number of carbonyl (C=O) groups excluding carboxylic acids is 1. The van der Waals surface area contributed by atoms with Crippen molar-refractivity contribution in [2.45, 2.75) is 12.6 Å². The van der Waals surface area contributed by atoms with Crippen LogP contribution in [-0.4, -0.2) is 74.0 Å². The van der Waals surface area contributed by atoms with Gasteiger partial charge in [-0.25, -0.2) is 4.79 Å². The number of hydrogen-bond donors (Lipinski definition) is 4. The molecule has 34 heavy (non-hydrogen) atoms. The van der Waals surface area contributed by atoms with E-state index in [1.807, 2.05) is 23.1 Å². The van der Waals surface area contributed by atoms with Crippen molar-refractivity contribution in [1.29, 1.82) is 0 Å². The zero-order chi connectivity index (χ0) is 24.1. The van der Waals surface area contributed by atoms with Crippen molar-refractivity contribution in [1.82, 2.24) is 19.8 Å². The molecule has 0 unspecified atom stereocenters. The standard InChI is InChI=1S/C24H25N5O5/c30-21(6-7-22(31)32)27-16-4-5-20-18(13-16)19(14-26-20)23(24(33)34)29-11-9-28(10-12-29)15-17-3-1-2-8-25-17/h1-8,13-14,23,26H,9-12,15H2,(H,27,30)(H,31,32)(H,33,34)/b7-6+/t23-/m0/s1. The van der Waals surface area contributed by atoms with Crippen LogP contribution in [0.15, 0.2) is 60.9 Å². The van der Waals surface area contributed by atoms with Crippen LogP contribution in [0.1, 0.15) is 17.3 Å². The van der Waals surface area contributed by atoms with E-state index in [1.54, 1.807) is 30.6 Å². The van der Waals surface area contributed by atoms with Crippen molar-refractivity contribution >= 4 is 34.4 Å². The number of piperazine rings is 1. The molecule has 3 aromatic rings. The average molecular weight is 463 g/mol. The van der Waals surface area contributed by atoms with Crippen LogP contribution in [0.2, 0.25) is 0 Å². The highest BCUT2D eigenvalue weighted by Crippen LogP contribution is 2.31. The quantitative estimate of drug-likeness (QED) is 0.373. The summed E-state index contributed by atoms with van der Waals surface area (Å²) in [5, 5.41) is 22.0. The van der Waals surface area contributed by atoms with Crippen LogP contribution in [0.3, 0.4) is 0 Å². The highest BCUT2D eigenvalue weighted by Gasteiger charge is 2.32. The van der Waals surface area contributed by atoms with Gasteiger partial charge < -0.3 is 20.5 Å². The number of anilines is 1. The minimum Gasteiger partial charge on any atom is -0.480 e. The largest absolute Gasteiger partial charge is 0.480 e. The summed E-state index contributed by atoms with van der Waals surface area (Å²) in [4.78, 5) is 46.5. The fourth-order valence-corrected chi connectivity index (χ4v) is 4.16. The number of carbonyl (C=O) groups is 3. The number of fused-ring (bicyclic) bond motifs is 1. The Balaban J connectivity index is 1.50. The monoisotopic (exact) mass is 463 g/mol. The number of H-pyrrole nitrogens is 1. The zero-order valence-corrected chi connectivity index (χ0v) is 18.3. The summed E-state index contributed by atoms with van der Waals surface area (Å²) < 4.78 is 0. The number of rotatable bonds is 8. The lowest BCUT2D eigenvalue weighted by Gasteiger charge is -2.37. The number of carboxylic acid groups (broad SMARTS) is 2. The van der Waals surface area contributed by atoms with Gasteiger partial charge in [-0.15, -0.1) is 0 Å². The highest BCUT2D eigenvalue weighted by atomic mass is 16.4. The van der Waals surface area contributed by atoms with E-state index in [-0.39, 0.29) is 0 Å². The topological polar surface area (TPSA) is 139 Å². The molecule has 4 N–H and O–H groups in total. The number of nitrogens with zero attached hydrogens (tertiary/aromatic N) is 3. The number of aromatic nitrogens is 2. The Hall–Kier alpha value is -4.02. The first kappa shape index (κ1) is 23.1. The smallest absolute Gasteiger partial charge is 0.328 e.